The molecule has 1 aromatic carbocycles. The second kappa shape index (κ2) is 5.61. The van der Waals surface area contributed by atoms with E-state index in [1.54, 1.807) is 0 Å². The normalized spacial score (nSPS) is 30.8. The predicted molar refractivity (Wildman–Crippen MR) is 80.8 cm³/mol. The zero-order chi connectivity index (χ0) is 13.4. The van der Waals surface area contributed by atoms with Gasteiger partial charge in [0.15, 0.2) is 0 Å². The van der Waals surface area contributed by atoms with Crippen LogP contribution < -0.4 is 5.32 Å². The Morgan fingerprint density at radius 2 is 2.16 bits per heavy atom. The molecule has 2 aliphatic heterocycles. The number of likely N-dealkylation sites (tertiary alicyclic amines) is 1. The first-order valence-electron chi connectivity index (χ1n) is 7.07. The Bertz CT molecular complexity index is 463. The Balaban J connectivity index is 1.77. The molecule has 2 heterocycles. The Morgan fingerprint density at radius 1 is 1.32 bits per heavy atom. The molecule has 19 heavy (non-hydrogen) atoms. The Hall–Kier alpha value is -0.280. The lowest BCUT2D eigenvalue weighted by Gasteiger charge is -2.27. The third kappa shape index (κ3) is 2.64. The van der Waals surface area contributed by atoms with Crippen molar-refractivity contribution in [1.29, 1.82) is 0 Å². The summed E-state index contributed by atoms with van der Waals surface area (Å²) in [5.74, 6) is 1.62. The van der Waals surface area contributed by atoms with Gasteiger partial charge in [-0.15, -0.1) is 0 Å². The van der Waals surface area contributed by atoms with E-state index >= 15 is 0 Å². The van der Waals surface area contributed by atoms with Gasteiger partial charge in [-0.3, -0.25) is 4.90 Å². The highest BCUT2D eigenvalue weighted by Crippen LogP contribution is 2.36. The van der Waals surface area contributed by atoms with Crippen molar-refractivity contribution in [2.75, 3.05) is 19.6 Å². The lowest BCUT2D eigenvalue weighted by Crippen LogP contribution is -2.34. The number of benzene rings is 1. The van der Waals surface area contributed by atoms with Crippen molar-refractivity contribution in [2.24, 2.45) is 11.8 Å². The molecule has 2 saturated heterocycles. The van der Waals surface area contributed by atoms with Crippen LogP contribution in [0.15, 0.2) is 18.2 Å². The van der Waals surface area contributed by atoms with E-state index in [2.05, 4.69) is 17.1 Å². The van der Waals surface area contributed by atoms with E-state index in [9.17, 15) is 0 Å². The van der Waals surface area contributed by atoms with Crippen molar-refractivity contribution in [3.8, 4) is 0 Å². The summed E-state index contributed by atoms with van der Waals surface area (Å²) in [7, 11) is 0. The van der Waals surface area contributed by atoms with Crippen LogP contribution >= 0.6 is 23.2 Å². The summed E-state index contributed by atoms with van der Waals surface area (Å²) in [5, 5.41) is 5.12. The standard InChI is InChI=1S/C15H20Cl2N2/c1-2-15-13-7-18-6-11(13)9-19(15)8-10-5-12(16)3-4-14(10)17/h3-5,11,13,15,18H,2,6-9H2,1H3. The van der Waals surface area contributed by atoms with Crippen LogP contribution in [0, 0.1) is 11.8 Å². The van der Waals surface area contributed by atoms with Crippen LogP contribution in [0.25, 0.3) is 0 Å². The third-order valence-corrected chi connectivity index (χ3v) is 5.23. The number of nitrogens with one attached hydrogen (secondary N) is 1. The first kappa shape index (κ1) is 13.7. The number of hydrogen-bond donors (Lipinski definition) is 1. The van der Waals surface area contributed by atoms with Gasteiger partial charge in [-0.25, -0.2) is 0 Å². The zero-order valence-corrected chi connectivity index (χ0v) is 12.7. The lowest BCUT2D eigenvalue weighted by molar-refractivity contribution is 0.210. The fraction of sp³-hybridized carbons (Fsp3) is 0.600. The van der Waals surface area contributed by atoms with Gasteiger partial charge in [0.05, 0.1) is 0 Å². The molecule has 0 amide bonds. The van der Waals surface area contributed by atoms with Gasteiger partial charge < -0.3 is 5.32 Å². The molecule has 0 spiro atoms. The van der Waals surface area contributed by atoms with E-state index in [-0.39, 0.29) is 0 Å². The van der Waals surface area contributed by atoms with Gasteiger partial charge in [0.2, 0.25) is 0 Å². The first-order chi connectivity index (χ1) is 9.19. The molecule has 2 aliphatic rings. The van der Waals surface area contributed by atoms with Crippen LogP contribution in [0.2, 0.25) is 10.0 Å². The molecule has 3 atom stereocenters. The molecule has 104 valence electrons. The number of rotatable bonds is 3. The van der Waals surface area contributed by atoms with Crippen molar-refractivity contribution >= 4 is 23.2 Å². The molecular formula is C15H20Cl2N2. The van der Waals surface area contributed by atoms with Crippen LogP contribution in [0.3, 0.4) is 0 Å². The molecule has 0 bridgehead atoms. The van der Waals surface area contributed by atoms with Gasteiger partial charge in [-0.05, 0) is 55.1 Å². The maximum atomic E-state index is 6.29. The molecule has 2 fully saturated rings. The number of hydrogen-bond acceptors (Lipinski definition) is 2. The molecule has 4 heteroatoms. The lowest BCUT2D eigenvalue weighted by atomic mass is 9.93. The highest BCUT2D eigenvalue weighted by molar-refractivity contribution is 6.33. The molecular weight excluding hydrogens is 279 g/mol. The SMILES string of the molecule is CCC1C2CNCC2CN1Cc1cc(Cl)ccc1Cl. The van der Waals surface area contributed by atoms with E-state index in [0.717, 1.165) is 34.0 Å². The fourth-order valence-electron chi connectivity index (χ4n) is 3.74. The monoisotopic (exact) mass is 298 g/mol. The van der Waals surface area contributed by atoms with Crippen molar-refractivity contribution in [3.05, 3.63) is 33.8 Å². The molecule has 0 radical (unpaired) electrons. The average Bonchev–Trinajstić information content (AvgIpc) is 2.94. The maximum Gasteiger partial charge on any atom is 0.0452 e. The second-order valence-electron chi connectivity index (χ2n) is 5.72. The molecule has 0 aliphatic carbocycles. The predicted octanol–water partition coefficient (Wildman–Crippen LogP) is 3.42. The van der Waals surface area contributed by atoms with Gasteiger partial charge >= 0.3 is 0 Å². The van der Waals surface area contributed by atoms with Crippen molar-refractivity contribution in [3.63, 3.8) is 0 Å². The molecule has 1 N–H and O–H groups in total. The molecule has 2 nitrogen and oxygen atoms in total. The highest BCUT2D eigenvalue weighted by atomic mass is 35.5. The highest BCUT2D eigenvalue weighted by Gasteiger charge is 2.42. The van der Waals surface area contributed by atoms with Gasteiger partial charge in [0, 0.05) is 29.2 Å². The van der Waals surface area contributed by atoms with Gasteiger partial charge in [0.25, 0.3) is 0 Å². The van der Waals surface area contributed by atoms with E-state index in [4.69, 9.17) is 23.2 Å². The molecule has 3 rings (SSSR count). The van der Waals surface area contributed by atoms with Crippen LogP contribution in [-0.4, -0.2) is 30.6 Å². The Kier molecular flexibility index (Phi) is 4.04. The largest absolute Gasteiger partial charge is 0.316 e. The van der Waals surface area contributed by atoms with Crippen LogP contribution in [0.5, 0.6) is 0 Å². The second-order valence-corrected chi connectivity index (χ2v) is 6.57. The van der Waals surface area contributed by atoms with Crippen molar-refractivity contribution in [2.45, 2.75) is 25.9 Å². The topological polar surface area (TPSA) is 15.3 Å². The van der Waals surface area contributed by atoms with E-state index < -0.39 is 0 Å². The van der Waals surface area contributed by atoms with E-state index in [1.165, 1.54) is 26.1 Å². The van der Waals surface area contributed by atoms with Gasteiger partial charge in [0.1, 0.15) is 0 Å². The van der Waals surface area contributed by atoms with Gasteiger partial charge in [-0.2, -0.15) is 0 Å². The van der Waals surface area contributed by atoms with Gasteiger partial charge in [-0.1, -0.05) is 30.1 Å². The molecule has 0 saturated carbocycles. The Labute approximate surface area is 125 Å². The van der Waals surface area contributed by atoms with E-state index in [0.29, 0.717) is 6.04 Å². The summed E-state index contributed by atoms with van der Waals surface area (Å²) in [5.41, 5.74) is 1.15. The number of halogens is 2. The fourth-order valence-corrected chi connectivity index (χ4v) is 4.11. The molecule has 3 unspecified atom stereocenters. The van der Waals surface area contributed by atoms with Crippen LogP contribution in [-0.2, 0) is 6.54 Å². The summed E-state index contributed by atoms with van der Waals surface area (Å²) < 4.78 is 0. The van der Waals surface area contributed by atoms with Crippen molar-refractivity contribution in [1.82, 2.24) is 10.2 Å². The molecule has 0 aromatic heterocycles. The van der Waals surface area contributed by atoms with Crippen LogP contribution in [0.1, 0.15) is 18.9 Å². The van der Waals surface area contributed by atoms with E-state index in [1.807, 2.05) is 18.2 Å². The number of fused-ring (bicyclic) bond motifs is 1. The first-order valence-corrected chi connectivity index (χ1v) is 7.83. The molecule has 1 aromatic rings. The quantitative estimate of drug-likeness (QED) is 0.920. The van der Waals surface area contributed by atoms with Crippen molar-refractivity contribution < 1.29 is 0 Å². The third-order valence-electron chi connectivity index (χ3n) is 4.62. The minimum Gasteiger partial charge on any atom is -0.316 e. The number of nitrogens with zero attached hydrogens (tertiary/aromatic N) is 1. The summed E-state index contributed by atoms with van der Waals surface area (Å²) in [6.45, 7) is 6.73. The maximum absolute atomic E-state index is 6.29. The smallest absolute Gasteiger partial charge is 0.0452 e. The Morgan fingerprint density at radius 3 is 2.95 bits per heavy atom. The summed E-state index contributed by atoms with van der Waals surface area (Å²) in [4.78, 5) is 2.59. The summed E-state index contributed by atoms with van der Waals surface area (Å²) in [6.07, 6.45) is 1.21. The summed E-state index contributed by atoms with van der Waals surface area (Å²) in [6, 6.07) is 6.43. The zero-order valence-electron chi connectivity index (χ0n) is 11.2. The minimum atomic E-state index is 0.676. The minimum absolute atomic E-state index is 0.676. The average molecular weight is 299 g/mol. The summed E-state index contributed by atoms with van der Waals surface area (Å²) >= 11 is 12.4. The van der Waals surface area contributed by atoms with Crippen LogP contribution in [0.4, 0.5) is 0 Å².